The third kappa shape index (κ3) is 2.45. The van der Waals surface area contributed by atoms with Crippen LogP contribution < -0.4 is 0 Å². The van der Waals surface area contributed by atoms with Gasteiger partial charge in [-0.1, -0.05) is 39.5 Å². The molecule has 15 heavy (non-hydrogen) atoms. The molecule has 1 heterocycles. The zero-order chi connectivity index (χ0) is 10.7. The van der Waals surface area contributed by atoms with E-state index in [-0.39, 0.29) is 6.10 Å². The van der Waals surface area contributed by atoms with Gasteiger partial charge in [-0.3, -0.25) is 0 Å². The summed E-state index contributed by atoms with van der Waals surface area (Å²) in [7, 11) is 0. The van der Waals surface area contributed by atoms with Gasteiger partial charge in [-0.05, 0) is 30.1 Å². The quantitative estimate of drug-likeness (QED) is 0.593. The highest BCUT2D eigenvalue weighted by Gasteiger charge is 2.32. The van der Waals surface area contributed by atoms with Gasteiger partial charge in [-0.15, -0.1) is 0 Å². The molecular formula is C14H21O. The van der Waals surface area contributed by atoms with Gasteiger partial charge < -0.3 is 4.74 Å². The van der Waals surface area contributed by atoms with E-state index >= 15 is 0 Å². The zero-order valence-corrected chi connectivity index (χ0v) is 9.78. The van der Waals surface area contributed by atoms with Crippen molar-refractivity contribution in [2.24, 2.45) is 17.8 Å². The lowest BCUT2D eigenvalue weighted by molar-refractivity contribution is 0.0620. The third-order valence-corrected chi connectivity index (χ3v) is 3.92. The van der Waals surface area contributed by atoms with Crippen molar-refractivity contribution in [2.75, 3.05) is 0 Å². The second kappa shape index (κ2) is 4.87. The predicted octanol–water partition coefficient (Wildman–Crippen LogP) is 3.72. The monoisotopic (exact) mass is 205 g/mol. The Bertz CT molecular complexity index is 242. The van der Waals surface area contributed by atoms with Gasteiger partial charge in [0.05, 0.1) is 6.26 Å². The second-order valence-electron chi connectivity index (χ2n) is 5.05. The van der Waals surface area contributed by atoms with E-state index in [1.165, 1.54) is 25.7 Å². The average Bonchev–Trinajstić information content (AvgIpc) is 2.41. The van der Waals surface area contributed by atoms with Crippen molar-refractivity contribution < 1.29 is 4.74 Å². The van der Waals surface area contributed by atoms with Crippen molar-refractivity contribution in [3.05, 3.63) is 24.5 Å². The summed E-state index contributed by atoms with van der Waals surface area (Å²) in [6.45, 7) is 4.75. The van der Waals surface area contributed by atoms with Gasteiger partial charge in [0.2, 0.25) is 0 Å². The topological polar surface area (TPSA) is 9.23 Å². The first kappa shape index (κ1) is 10.8. The molecule has 1 saturated carbocycles. The lowest BCUT2D eigenvalue weighted by Crippen LogP contribution is -2.31. The van der Waals surface area contributed by atoms with Crippen LogP contribution in [0.5, 0.6) is 0 Å². The maximum Gasteiger partial charge on any atom is 0.120 e. The van der Waals surface area contributed by atoms with Gasteiger partial charge in [0.25, 0.3) is 0 Å². The molecule has 0 amide bonds. The molecule has 1 radical (unpaired) electrons. The lowest BCUT2D eigenvalue weighted by atomic mass is 9.78. The average molecular weight is 205 g/mol. The summed E-state index contributed by atoms with van der Waals surface area (Å²) in [6, 6.07) is 0. The Morgan fingerprint density at radius 2 is 1.80 bits per heavy atom. The Hall–Kier alpha value is -0.720. The maximum absolute atomic E-state index is 5.72. The zero-order valence-electron chi connectivity index (χ0n) is 9.78. The minimum atomic E-state index is 0.262. The summed E-state index contributed by atoms with van der Waals surface area (Å²) >= 11 is 0. The van der Waals surface area contributed by atoms with Crippen molar-refractivity contribution in [1.82, 2.24) is 0 Å². The standard InChI is InChI=1S/C14H21O/c1-11-7-3-4-8-12(2)14(11)13-9-5-6-10-15-13/h6,9-14H,3-4,7-8H2,1-2H3. The smallest absolute Gasteiger partial charge is 0.120 e. The van der Waals surface area contributed by atoms with Crippen LogP contribution in [-0.2, 0) is 4.74 Å². The molecule has 3 unspecified atom stereocenters. The first-order valence-electron chi connectivity index (χ1n) is 6.19. The molecule has 3 atom stereocenters. The van der Waals surface area contributed by atoms with Crippen LogP contribution >= 0.6 is 0 Å². The van der Waals surface area contributed by atoms with Gasteiger partial charge in [0.15, 0.2) is 0 Å². The Kier molecular flexibility index (Phi) is 3.50. The Morgan fingerprint density at radius 3 is 2.33 bits per heavy atom. The summed E-state index contributed by atoms with van der Waals surface area (Å²) < 4.78 is 5.72. The molecular weight excluding hydrogens is 184 g/mol. The van der Waals surface area contributed by atoms with Crippen LogP contribution in [0.4, 0.5) is 0 Å². The summed E-state index contributed by atoms with van der Waals surface area (Å²) in [6.07, 6.45) is 14.6. The molecule has 0 aromatic carbocycles. The Labute approximate surface area is 93.2 Å². The minimum absolute atomic E-state index is 0.262. The van der Waals surface area contributed by atoms with E-state index < -0.39 is 0 Å². The fourth-order valence-corrected chi connectivity index (χ4v) is 3.09. The number of allylic oxidation sites excluding steroid dienone is 2. The van der Waals surface area contributed by atoms with Gasteiger partial charge in [0.1, 0.15) is 6.10 Å². The van der Waals surface area contributed by atoms with Crippen molar-refractivity contribution in [3.8, 4) is 0 Å². The summed E-state index contributed by atoms with van der Waals surface area (Å²) in [5.74, 6) is 2.22. The number of rotatable bonds is 1. The number of hydrogen-bond donors (Lipinski definition) is 0. The predicted molar refractivity (Wildman–Crippen MR) is 62.1 cm³/mol. The molecule has 0 spiro atoms. The summed E-state index contributed by atoms with van der Waals surface area (Å²) in [5.41, 5.74) is 0. The fraction of sp³-hybridized carbons (Fsp3) is 0.714. The fourth-order valence-electron chi connectivity index (χ4n) is 3.09. The second-order valence-corrected chi connectivity index (χ2v) is 5.05. The van der Waals surface area contributed by atoms with Gasteiger partial charge in [-0.2, -0.15) is 0 Å². The molecule has 2 aliphatic rings. The first-order valence-corrected chi connectivity index (χ1v) is 6.19. The summed E-state index contributed by atoms with van der Waals surface area (Å²) in [5, 5.41) is 0. The van der Waals surface area contributed by atoms with E-state index in [9.17, 15) is 0 Å². The van der Waals surface area contributed by atoms with Crippen LogP contribution in [0.15, 0.2) is 18.4 Å². The number of hydrogen-bond acceptors (Lipinski definition) is 1. The highest BCUT2D eigenvalue weighted by molar-refractivity contribution is 5.04. The lowest BCUT2D eigenvalue weighted by Gasteiger charge is -2.33. The van der Waals surface area contributed by atoms with Crippen LogP contribution in [0.1, 0.15) is 39.5 Å². The van der Waals surface area contributed by atoms with E-state index in [4.69, 9.17) is 4.74 Å². The molecule has 0 bridgehead atoms. The molecule has 0 aromatic heterocycles. The molecule has 83 valence electrons. The number of ether oxygens (including phenoxy) is 1. The molecule has 1 nitrogen and oxygen atoms in total. The van der Waals surface area contributed by atoms with Gasteiger partial charge >= 0.3 is 0 Å². The van der Waals surface area contributed by atoms with Crippen molar-refractivity contribution in [3.63, 3.8) is 0 Å². The van der Waals surface area contributed by atoms with Crippen molar-refractivity contribution in [1.29, 1.82) is 0 Å². The van der Waals surface area contributed by atoms with Crippen molar-refractivity contribution >= 4 is 0 Å². The molecule has 0 N–H and O–H groups in total. The third-order valence-electron chi connectivity index (χ3n) is 3.92. The molecule has 0 aromatic rings. The Balaban J connectivity index is 2.08. The highest BCUT2D eigenvalue weighted by Crippen LogP contribution is 2.37. The molecule has 1 aliphatic carbocycles. The molecule has 2 rings (SSSR count). The SMILES string of the molecule is CC1CCCCC(C)C1C1C=[C]C=CO1. The maximum atomic E-state index is 5.72. The largest absolute Gasteiger partial charge is 0.494 e. The van der Waals surface area contributed by atoms with E-state index in [1.54, 1.807) is 6.26 Å². The summed E-state index contributed by atoms with van der Waals surface area (Å²) in [4.78, 5) is 0. The Morgan fingerprint density at radius 1 is 1.13 bits per heavy atom. The minimum Gasteiger partial charge on any atom is -0.494 e. The molecule has 1 aliphatic heterocycles. The van der Waals surface area contributed by atoms with E-state index in [1.807, 2.05) is 6.08 Å². The van der Waals surface area contributed by atoms with Gasteiger partial charge in [-0.25, -0.2) is 0 Å². The van der Waals surface area contributed by atoms with E-state index in [2.05, 4.69) is 26.0 Å². The molecule has 0 saturated heterocycles. The van der Waals surface area contributed by atoms with Crippen LogP contribution in [0.3, 0.4) is 0 Å². The van der Waals surface area contributed by atoms with E-state index in [0.717, 1.165) is 11.8 Å². The van der Waals surface area contributed by atoms with Crippen LogP contribution in [-0.4, -0.2) is 6.10 Å². The van der Waals surface area contributed by atoms with Crippen molar-refractivity contribution in [2.45, 2.75) is 45.6 Å². The van der Waals surface area contributed by atoms with Crippen LogP contribution in [0.2, 0.25) is 0 Å². The van der Waals surface area contributed by atoms with Crippen LogP contribution in [0, 0.1) is 23.8 Å². The first-order chi connectivity index (χ1) is 7.29. The normalized spacial score (nSPS) is 40.9. The molecule has 1 fully saturated rings. The van der Waals surface area contributed by atoms with Gasteiger partial charge in [0, 0.05) is 5.92 Å². The molecule has 1 heteroatoms. The van der Waals surface area contributed by atoms with E-state index in [0.29, 0.717) is 5.92 Å². The highest BCUT2D eigenvalue weighted by atomic mass is 16.5. The van der Waals surface area contributed by atoms with Crippen LogP contribution in [0.25, 0.3) is 0 Å².